The van der Waals surface area contributed by atoms with Crippen LogP contribution in [0.15, 0.2) is 0 Å². The Morgan fingerprint density at radius 1 is 1.05 bits per heavy atom. The third-order valence-electron chi connectivity index (χ3n) is 2.45. The second-order valence-corrected chi connectivity index (χ2v) is 9.52. The SMILES string of the molecule is CC(C)C(Cl)(COP(=O)(O)O)P(=O)(OCCCl)OCCCl. The average Bonchev–Trinajstić information content (AvgIpc) is 2.38. The lowest BCUT2D eigenvalue weighted by Gasteiger charge is -2.36. The molecule has 0 rings (SSSR count). The molecule has 0 amide bonds. The van der Waals surface area contributed by atoms with Crippen LogP contribution in [0, 0.1) is 5.92 Å². The zero-order valence-corrected chi connectivity index (χ0v) is 15.6. The minimum absolute atomic E-state index is 0.0403. The number of phosphoric acid groups is 1. The van der Waals surface area contributed by atoms with Crippen molar-refractivity contribution in [1.82, 2.24) is 0 Å². The van der Waals surface area contributed by atoms with Crippen molar-refractivity contribution >= 4 is 50.2 Å². The van der Waals surface area contributed by atoms with E-state index in [1.165, 1.54) is 0 Å². The fourth-order valence-corrected chi connectivity index (χ4v) is 4.59. The zero-order chi connectivity index (χ0) is 16.7. The van der Waals surface area contributed by atoms with Gasteiger partial charge in [-0.1, -0.05) is 13.8 Å². The van der Waals surface area contributed by atoms with Gasteiger partial charge in [-0.05, 0) is 5.92 Å². The molecule has 1 atom stereocenters. The molecule has 0 saturated carbocycles. The van der Waals surface area contributed by atoms with Gasteiger partial charge < -0.3 is 18.8 Å². The number of halogens is 3. The zero-order valence-electron chi connectivity index (χ0n) is 11.6. The molecule has 12 heteroatoms. The molecule has 1 unspecified atom stereocenters. The van der Waals surface area contributed by atoms with Gasteiger partial charge in [0.15, 0.2) is 4.62 Å². The van der Waals surface area contributed by atoms with E-state index >= 15 is 0 Å². The normalized spacial score (nSPS) is 16.2. The summed E-state index contributed by atoms with van der Waals surface area (Å²) < 4.78 is 36.7. The Bertz CT molecular complexity index is 391. The van der Waals surface area contributed by atoms with Crippen LogP contribution >= 0.6 is 50.2 Å². The summed E-state index contributed by atoms with van der Waals surface area (Å²) >= 11 is 17.3. The van der Waals surface area contributed by atoms with Crippen molar-refractivity contribution in [2.24, 2.45) is 5.92 Å². The second-order valence-electron chi connectivity index (χ2n) is 4.28. The van der Waals surface area contributed by atoms with Crippen LogP contribution in [0.3, 0.4) is 0 Å². The fourth-order valence-electron chi connectivity index (χ4n) is 1.30. The van der Waals surface area contributed by atoms with Crippen molar-refractivity contribution in [3.63, 3.8) is 0 Å². The quantitative estimate of drug-likeness (QED) is 0.400. The standard InChI is InChI=1S/C9H19Cl3O7P2/c1-8(2)9(12,7-19-21(14,15)16)20(13,17-5-3-10)18-6-4-11/h8H,3-7H2,1-2H3,(H2,14,15,16). The maximum atomic E-state index is 12.9. The first-order valence-corrected chi connectivity index (χ1v) is 10.4. The van der Waals surface area contributed by atoms with Crippen molar-refractivity contribution in [1.29, 1.82) is 0 Å². The van der Waals surface area contributed by atoms with Crippen LogP contribution in [0.1, 0.15) is 13.8 Å². The number of hydrogen-bond donors (Lipinski definition) is 2. The summed E-state index contributed by atoms with van der Waals surface area (Å²) in [7, 11) is -8.78. The second kappa shape index (κ2) is 9.43. The number of rotatable bonds is 11. The molecule has 0 aromatic heterocycles. The van der Waals surface area contributed by atoms with Crippen LogP contribution in [0.25, 0.3) is 0 Å². The molecule has 0 radical (unpaired) electrons. The van der Waals surface area contributed by atoms with Crippen LogP contribution in [0.5, 0.6) is 0 Å². The summed E-state index contributed by atoms with van der Waals surface area (Å²) in [5.41, 5.74) is 0. The van der Waals surface area contributed by atoms with Gasteiger partial charge in [-0.25, -0.2) is 4.57 Å². The van der Waals surface area contributed by atoms with E-state index < -0.39 is 32.6 Å². The lowest BCUT2D eigenvalue weighted by Crippen LogP contribution is -2.36. The van der Waals surface area contributed by atoms with E-state index in [1.807, 2.05) is 0 Å². The highest BCUT2D eigenvalue weighted by Crippen LogP contribution is 2.66. The molecule has 0 fully saturated rings. The molecule has 21 heavy (non-hydrogen) atoms. The van der Waals surface area contributed by atoms with Crippen LogP contribution in [0.2, 0.25) is 0 Å². The van der Waals surface area contributed by atoms with Crippen molar-refractivity contribution < 1.29 is 32.5 Å². The molecular formula is C9H19Cl3O7P2. The van der Waals surface area contributed by atoms with E-state index in [4.69, 9.17) is 53.6 Å². The van der Waals surface area contributed by atoms with Crippen molar-refractivity contribution in [2.45, 2.75) is 18.5 Å². The van der Waals surface area contributed by atoms with Gasteiger partial charge in [0.05, 0.1) is 19.8 Å². The maximum Gasteiger partial charge on any atom is 0.469 e. The first-order valence-electron chi connectivity index (χ1n) is 5.92. The third kappa shape index (κ3) is 7.05. The molecule has 0 saturated heterocycles. The van der Waals surface area contributed by atoms with Crippen molar-refractivity contribution in [3.8, 4) is 0 Å². The highest BCUT2D eigenvalue weighted by Gasteiger charge is 2.53. The van der Waals surface area contributed by atoms with Gasteiger partial charge in [-0.3, -0.25) is 9.09 Å². The molecule has 0 bridgehead atoms. The van der Waals surface area contributed by atoms with E-state index in [0.29, 0.717) is 0 Å². The Morgan fingerprint density at radius 3 is 1.76 bits per heavy atom. The van der Waals surface area contributed by atoms with Gasteiger partial charge in [-0.15, -0.1) is 34.8 Å². The maximum absolute atomic E-state index is 12.9. The summed E-state index contributed by atoms with van der Waals surface area (Å²) in [4.78, 5) is 17.6. The van der Waals surface area contributed by atoms with E-state index in [0.717, 1.165) is 0 Å². The summed E-state index contributed by atoms with van der Waals surface area (Å²) in [5.74, 6) is -0.459. The molecule has 2 N–H and O–H groups in total. The predicted octanol–water partition coefficient (Wildman–Crippen LogP) is 3.39. The molecule has 0 aliphatic heterocycles. The van der Waals surface area contributed by atoms with Gasteiger partial charge in [0.25, 0.3) is 0 Å². The summed E-state index contributed by atoms with van der Waals surface area (Å²) in [5, 5.41) is 0. The number of hydrogen-bond acceptors (Lipinski definition) is 5. The lowest BCUT2D eigenvalue weighted by molar-refractivity contribution is 0.152. The van der Waals surface area contributed by atoms with E-state index in [2.05, 4.69) is 4.52 Å². The van der Waals surface area contributed by atoms with Crippen molar-refractivity contribution in [3.05, 3.63) is 0 Å². The van der Waals surface area contributed by atoms with E-state index in [-0.39, 0.29) is 25.0 Å². The summed E-state index contributed by atoms with van der Waals surface area (Å²) in [6.45, 7) is 2.24. The third-order valence-corrected chi connectivity index (χ3v) is 6.99. The first kappa shape index (κ1) is 22.1. The topological polar surface area (TPSA) is 102 Å². The highest BCUT2D eigenvalue weighted by molar-refractivity contribution is 7.57. The lowest BCUT2D eigenvalue weighted by atomic mass is 10.1. The number of phosphoric ester groups is 1. The first-order chi connectivity index (χ1) is 9.52. The van der Waals surface area contributed by atoms with Crippen molar-refractivity contribution in [2.75, 3.05) is 31.6 Å². The molecule has 0 aliphatic rings. The molecule has 0 aliphatic carbocycles. The van der Waals surface area contributed by atoms with Crippen LogP contribution in [-0.2, 0) is 22.7 Å². The molecule has 0 aromatic carbocycles. The molecule has 128 valence electrons. The Hall–Kier alpha value is 1.13. The van der Waals surface area contributed by atoms with Crippen LogP contribution < -0.4 is 0 Å². The summed E-state index contributed by atoms with van der Waals surface area (Å²) in [6, 6.07) is 0. The Kier molecular flexibility index (Phi) is 9.94. The van der Waals surface area contributed by atoms with Gasteiger partial charge in [0.1, 0.15) is 0 Å². The predicted molar refractivity (Wildman–Crippen MR) is 82.4 cm³/mol. The minimum atomic E-state index is -4.79. The fraction of sp³-hybridized carbons (Fsp3) is 1.00. The molecule has 0 aromatic rings. The molecule has 7 nitrogen and oxygen atoms in total. The van der Waals surface area contributed by atoms with Crippen LogP contribution in [-0.4, -0.2) is 46.0 Å². The molecule has 0 heterocycles. The Labute approximate surface area is 139 Å². The molecular weight excluding hydrogens is 388 g/mol. The van der Waals surface area contributed by atoms with Crippen LogP contribution in [0.4, 0.5) is 0 Å². The largest absolute Gasteiger partial charge is 0.469 e. The summed E-state index contributed by atoms with van der Waals surface area (Å²) in [6.07, 6.45) is 0. The van der Waals surface area contributed by atoms with E-state index in [9.17, 15) is 9.13 Å². The smallest absolute Gasteiger partial charge is 0.306 e. The van der Waals surface area contributed by atoms with E-state index in [1.54, 1.807) is 13.8 Å². The van der Waals surface area contributed by atoms with Gasteiger partial charge in [0.2, 0.25) is 0 Å². The van der Waals surface area contributed by atoms with Gasteiger partial charge >= 0.3 is 15.4 Å². The minimum Gasteiger partial charge on any atom is -0.306 e. The molecule has 0 spiro atoms. The van der Waals surface area contributed by atoms with Gasteiger partial charge in [0, 0.05) is 11.8 Å². The monoisotopic (exact) mass is 406 g/mol. The highest BCUT2D eigenvalue weighted by atomic mass is 35.5. The Balaban J connectivity index is 5.37. The average molecular weight is 408 g/mol. The Morgan fingerprint density at radius 2 is 1.48 bits per heavy atom. The van der Waals surface area contributed by atoms with Gasteiger partial charge in [-0.2, -0.15) is 0 Å². The number of alkyl halides is 3.